The van der Waals surface area contributed by atoms with Gasteiger partial charge in [0.05, 0.1) is 11.7 Å². The zero-order valence-corrected chi connectivity index (χ0v) is 10.7. The summed E-state index contributed by atoms with van der Waals surface area (Å²) in [7, 11) is 0. The lowest BCUT2D eigenvalue weighted by molar-refractivity contribution is 0.587. The molecule has 0 amide bonds. The van der Waals surface area contributed by atoms with E-state index in [-0.39, 0.29) is 11.9 Å². The quantitative estimate of drug-likeness (QED) is 0.876. The summed E-state index contributed by atoms with van der Waals surface area (Å²) >= 11 is 0. The van der Waals surface area contributed by atoms with Crippen LogP contribution >= 0.6 is 0 Å². The van der Waals surface area contributed by atoms with Crippen molar-refractivity contribution < 1.29 is 4.39 Å². The Hall–Kier alpha value is -1.90. The Balaban J connectivity index is 2.23. The van der Waals surface area contributed by atoms with Gasteiger partial charge in [-0.2, -0.15) is 0 Å². The summed E-state index contributed by atoms with van der Waals surface area (Å²) in [4.78, 5) is 4.13. The first-order valence-electron chi connectivity index (χ1n) is 6.13. The van der Waals surface area contributed by atoms with Gasteiger partial charge in [-0.3, -0.25) is 4.98 Å². The first-order valence-corrected chi connectivity index (χ1v) is 6.13. The molecule has 0 fully saturated rings. The Labute approximate surface area is 107 Å². The molecule has 0 saturated carbocycles. The summed E-state index contributed by atoms with van der Waals surface area (Å²) in [6.07, 6.45) is 4.38. The van der Waals surface area contributed by atoms with Crippen molar-refractivity contribution in [2.24, 2.45) is 0 Å². The first kappa shape index (κ1) is 12.6. The molecule has 18 heavy (non-hydrogen) atoms. The summed E-state index contributed by atoms with van der Waals surface area (Å²) in [6.45, 7) is 4.02. The van der Waals surface area contributed by atoms with E-state index in [9.17, 15) is 4.39 Å². The van der Waals surface area contributed by atoms with Crippen LogP contribution in [0.2, 0.25) is 0 Å². The van der Waals surface area contributed by atoms with Crippen LogP contribution in [0.25, 0.3) is 0 Å². The summed E-state index contributed by atoms with van der Waals surface area (Å²) < 4.78 is 13.8. The van der Waals surface area contributed by atoms with Gasteiger partial charge in [0.2, 0.25) is 0 Å². The van der Waals surface area contributed by atoms with Gasteiger partial charge in [-0.05, 0) is 31.0 Å². The van der Waals surface area contributed by atoms with Gasteiger partial charge in [0, 0.05) is 18.0 Å². The lowest BCUT2D eigenvalue weighted by Crippen LogP contribution is -2.11. The van der Waals surface area contributed by atoms with E-state index in [1.807, 2.05) is 32.0 Å². The zero-order chi connectivity index (χ0) is 13.0. The summed E-state index contributed by atoms with van der Waals surface area (Å²) in [5, 5.41) is 3.32. The molecule has 2 aromatic rings. The smallest absolute Gasteiger partial charge is 0.128 e. The lowest BCUT2D eigenvalue weighted by Gasteiger charge is -2.19. The number of rotatable bonds is 4. The van der Waals surface area contributed by atoms with E-state index >= 15 is 0 Å². The number of aryl methyl sites for hydroxylation is 1. The van der Waals surface area contributed by atoms with Gasteiger partial charge in [-0.1, -0.05) is 25.1 Å². The molecule has 0 aliphatic carbocycles. The Morgan fingerprint density at radius 3 is 2.72 bits per heavy atom. The average Bonchev–Trinajstić information content (AvgIpc) is 2.37. The molecule has 0 aliphatic heterocycles. The van der Waals surface area contributed by atoms with Crippen LogP contribution in [0.4, 0.5) is 10.1 Å². The monoisotopic (exact) mass is 244 g/mol. The van der Waals surface area contributed by atoms with Crippen LogP contribution in [0.3, 0.4) is 0 Å². The van der Waals surface area contributed by atoms with Crippen molar-refractivity contribution in [2.75, 3.05) is 5.32 Å². The number of nitrogens with zero attached hydrogens (tertiary/aromatic N) is 1. The topological polar surface area (TPSA) is 24.9 Å². The number of nitrogens with one attached hydrogen (secondary N) is 1. The zero-order valence-electron chi connectivity index (χ0n) is 10.7. The highest BCUT2D eigenvalue weighted by Crippen LogP contribution is 2.24. The second kappa shape index (κ2) is 5.63. The molecule has 3 heteroatoms. The van der Waals surface area contributed by atoms with Crippen LogP contribution < -0.4 is 5.32 Å². The second-order valence-electron chi connectivity index (χ2n) is 4.38. The minimum Gasteiger partial charge on any atom is -0.377 e. The number of hydrogen-bond donors (Lipinski definition) is 1. The second-order valence-corrected chi connectivity index (χ2v) is 4.38. The van der Waals surface area contributed by atoms with Crippen LogP contribution in [0.1, 0.15) is 30.5 Å². The fraction of sp³-hybridized carbons (Fsp3) is 0.267. The van der Waals surface area contributed by atoms with Gasteiger partial charge >= 0.3 is 0 Å². The van der Waals surface area contributed by atoms with Crippen molar-refractivity contribution in [3.63, 3.8) is 0 Å². The lowest BCUT2D eigenvalue weighted by atomic mass is 10.0. The van der Waals surface area contributed by atoms with E-state index in [1.165, 1.54) is 6.07 Å². The van der Waals surface area contributed by atoms with Crippen molar-refractivity contribution in [3.05, 3.63) is 59.7 Å². The van der Waals surface area contributed by atoms with Crippen LogP contribution in [0.15, 0.2) is 42.7 Å². The van der Waals surface area contributed by atoms with Crippen molar-refractivity contribution >= 4 is 5.69 Å². The number of halogens is 1. The predicted octanol–water partition coefficient (Wildman–Crippen LogP) is 4.09. The first-order chi connectivity index (χ1) is 8.70. The average molecular weight is 244 g/mol. The van der Waals surface area contributed by atoms with E-state index in [1.54, 1.807) is 18.5 Å². The van der Waals surface area contributed by atoms with E-state index in [2.05, 4.69) is 10.3 Å². The maximum atomic E-state index is 13.8. The number of benzene rings is 1. The maximum absolute atomic E-state index is 13.8. The molecular weight excluding hydrogens is 227 g/mol. The van der Waals surface area contributed by atoms with Gasteiger partial charge in [0.15, 0.2) is 0 Å². The van der Waals surface area contributed by atoms with Crippen LogP contribution in [0.5, 0.6) is 0 Å². The van der Waals surface area contributed by atoms with E-state index in [0.29, 0.717) is 5.56 Å². The molecule has 0 aliphatic rings. The van der Waals surface area contributed by atoms with Crippen LogP contribution in [0, 0.1) is 12.7 Å². The number of aromatic nitrogens is 1. The summed E-state index contributed by atoms with van der Waals surface area (Å²) in [6, 6.07) is 8.86. The largest absolute Gasteiger partial charge is 0.377 e. The molecule has 1 aromatic heterocycles. The summed E-state index contributed by atoms with van der Waals surface area (Å²) in [5.74, 6) is -0.169. The molecule has 1 heterocycles. The Morgan fingerprint density at radius 1 is 1.28 bits per heavy atom. The number of hydrogen-bond acceptors (Lipinski definition) is 2. The summed E-state index contributed by atoms with van der Waals surface area (Å²) in [5.41, 5.74) is 2.70. The Kier molecular flexibility index (Phi) is 3.92. The third kappa shape index (κ3) is 2.86. The van der Waals surface area contributed by atoms with E-state index in [0.717, 1.165) is 17.7 Å². The van der Waals surface area contributed by atoms with Gasteiger partial charge in [-0.15, -0.1) is 0 Å². The Bertz CT molecular complexity index is 525. The Morgan fingerprint density at radius 2 is 2.06 bits per heavy atom. The number of anilines is 1. The highest BCUT2D eigenvalue weighted by molar-refractivity contribution is 5.45. The molecule has 94 valence electrons. The van der Waals surface area contributed by atoms with E-state index < -0.39 is 0 Å². The van der Waals surface area contributed by atoms with Gasteiger partial charge in [0.1, 0.15) is 5.82 Å². The standard InChI is InChI=1S/C15H17FN2/c1-3-15(13-6-4-5-7-14(13)16)18-12-8-11(2)9-17-10-12/h4-10,15,18H,3H2,1-2H3. The van der Waals surface area contributed by atoms with Crippen LogP contribution in [-0.2, 0) is 0 Å². The highest BCUT2D eigenvalue weighted by Gasteiger charge is 2.13. The van der Waals surface area contributed by atoms with Gasteiger partial charge < -0.3 is 5.32 Å². The molecule has 1 atom stereocenters. The molecule has 1 unspecified atom stereocenters. The SMILES string of the molecule is CCC(Nc1cncc(C)c1)c1ccccc1F. The molecule has 0 bridgehead atoms. The molecule has 1 N–H and O–H groups in total. The molecule has 0 saturated heterocycles. The van der Waals surface area contributed by atoms with Crippen molar-refractivity contribution in [1.29, 1.82) is 0 Å². The van der Waals surface area contributed by atoms with Crippen molar-refractivity contribution in [2.45, 2.75) is 26.3 Å². The fourth-order valence-corrected chi connectivity index (χ4v) is 1.99. The molecule has 1 aromatic carbocycles. The molecule has 2 rings (SSSR count). The molecule has 2 nitrogen and oxygen atoms in total. The molecule has 0 radical (unpaired) electrons. The highest BCUT2D eigenvalue weighted by atomic mass is 19.1. The molecular formula is C15H17FN2. The maximum Gasteiger partial charge on any atom is 0.128 e. The third-order valence-corrected chi connectivity index (χ3v) is 2.90. The molecule has 0 spiro atoms. The van der Waals surface area contributed by atoms with E-state index in [4.69, 9.17) is 0 Å². The van der Waals surface area contributed by atoms with Gasteiger partial charge in [0.25, 0.3) is 0 Å². The predicted molar refractivity (Wildman–Crippen MR) is 72.0 cm³/mol. The minimum absolute atomic E-state index is 0.0326. The fourth-order valence-electron chi connectivity index (χ4n) is 1.99. The van der Waals surface area contributed by atoms with Gasteiger partial charge in [-0.25, -0.2) is 4.39 Å². The third-order valence-electron chi connectivity index (χ3n) is 2.90. The van der Waals surface area contributed by atoms with Crippen LogP contribution in [-0.4, -0.2) is 4.98 Å². The minimum atomic E-state index is -0.169. The van der Waals surface area contributed by atoms with Crippen molar-refractivity contribution in [1.82, 2.24) is 4.98 Å². The van der Waals surface area contributed by atoms with Crippen molar-refractivity contribution in [3.8, 4) is 0 Å². The number of pyridine rings is 1. The normalized spacial score (nSPS) is 12.2.